The number of hydrogen-bond donors (Lipinski definition) is 3. The normalized spacial score (nSPS) is 13.5. The highest BCUT2D eigenvalue weighted by molar-refractivity contribution is 7.89. The molecular formula is C19H21N5O3S. The van der Waals surface area contributed by atoms with Crippen molar-refractivity contribution in [3.8, 4) is 6.07 Å². The van der Waals surface area contributed by atoms with Crippen LogP contribution in [0.15, 0.2) is 47.5 Å². The molecular weight excluding hydrogens is 378 g/mol. The third kappa shape index (κ3) is 5.28. The number of sulfonamides is 1. The Kier molecular flexibility index (Phi) is 6.23. The van der Waals surface area contributed by atoms with Crippen LogP contribution in [0.25, 0.3) is 0 Å². The highest BCUT2D eigenvalue weighted by atomic mass is 32.2. The summed E-state index contributed by atoms with van der Waals surface area (Å²) in [6.45, 7) is 1.10. The predicted octanol–water partition coefficient (Wildman–Crippen LogP) is 1.48. The van der Waals surface area contributed by atoms with Gasteiger partial charge in [0.05, 0.1) is 10.5 Å². The first kappa shape index (κ1) is 19.8. The van der Waals surface area contributed by atoms with Crippen LogP contribution >= 0.6 is 0 Å². The first-order chi connectivity index (χ1) is 13.5. The molecule has 9 heteroatoms. The SMILES string of the molecule is N#Cc1cccnc1NCCNC(=O)c1cccc(S(=O)(=O)NCC2CC2)c1. The maximum absolute atomic E-state index is 12.3. The molecule has 0 spiro atoms. The number of nitrogens with one attached hydrogen (secondary N) is 3. The molecule has 1 heterocycles. The van der Waals surface area contributed by atoms with E-state index >= 15 is 0 Å². The summed E-state index contributed by atoms with van der Waals surface area (Å²) in [6, 6.07) is 11.3. The summed E-state index contributed by atoms with van der Waals surface area (Å²) >= 11 is 0. The minimum Gasteiger partial charge on any atom is -0.367 e. The van der Waals surface area contributed by atoms with E-state index in [-0.39, 0.29) is 22.9 Å². The van der Waals surface area contributed by atoms with E-state index in [1.807, 2.05) is 6.07 Å². The summed E-state index contributed by atoms with van der Waals surface area (Å²) in [4.78, 5) is 16.5. The first-order valence-electron chi connectivity index (χ1n) is 8.96. The van der Waals surface area contributed by atoms with E-state index in [2.05, 4.69) is 20.3 Å². The standard InChI is InChI=1S/C19H21N5O3S/c20-12-16-4-2-8-21-18(16)22-9-10-23-19(25)15-3-1-5-17(11-15)28(26,27)24-13-14-6-7-14/h1-5,8,11,14,24H,6-7,9-10,13H2,(H,21,22)(H,23,25). The van der Waals surface area contributed by atoms with Crippen molar-refractivity contribution in [1.82, 2.24) is 15.0 Å². The topological polar surface area (TPSA) is 124 Å². The summed E-state index contributed by atoms with van der Waals surface area (Å²) in [6.07, 6.45) is 3.67. The van der Waals surface area contributed by atoms with Gasteiger partial charge >= 0.3 is 0 Å². The Morgan fingerprint density at radius 3 is 2.79 bits per heavy atom. The molecule has 3 N–H and O–H groups in total. The van der Waals surface area contributed by atoms with E-state index < -0.39 is 10.0 Å². The molecule has 0 radical (unpaired) electrons. The Labute approximate surface area is 164 Å². The lowest BCUT2D eigenvalue weighted by molar-refractivity contribution is 0.0955. The van der Waals surface area contributed by atoms with Crippen LogP contribution in [0.2, 0.25) is 0 Å². The fraction of sp³-hybridized carbons (Fsp3) is 0.316. The quantitative estimate of drug-likeness (QED) is 0.549. The van der Waals surface area contributed by atoms with Crippen LogP contribution in [-0.4, -0.2) is 38.9 Å². The minimum atomic E-state index is -3.62. The molecule has 8 nitrogen and oxygen atoms in total. The maximum Gasteiger partial charge on any atom is 0.251 e. The molecule has 1 aliphatic rings. The number of nitriles is 1. The molecule has 0 unspecified atom stereocenters. The molecule has 28 heavy (non-hydrogen) atoms. The predicted molar refractivity (Wildman–Crippen MR) is 104 cm³/mol. The molecule has 1 aromatic heterocycles. The largest absolute Gasteiger partial charge is 0.367 e. The fourth-order valence-corrected chi connectivity index (χ4v) is 3.69. The van der Waals surface area contributed by atoms with Crippen molar-refractivity contribution in [3.63, 3.8) is 0 Å². The molecule has 2 aromatic rings. The van der Waals surface area contributed by atoms with Gasteiger partial charge in [-0.1, -0.05) is 6.07 Å². The summed E-state index contributed by atoms with van der Waals surface area (Å²) in [7, 11) is -3.62. The van der Waals surface area contributed by atoms with Crippen molar-refractivity contribution in [2.24, 2.45) is 5.92 Å². The van der Waals surface area contributed by atoms with Crippen molar-refractivity contribution >= 4 is 21.7 Å². The van der Waals surface area contributed by atoms with Crippen molar-refractivity contribution in [3.05, 3.63) is 53.7 Å². The zero-order valence-corrected chi connectivity index (χ0v) is 16.0. The third-order valence-corrected chi connectivity index (χ3v) is 5.72. The summed E-state index contributed by atoms with van der Waals surface area (Å²) in [5.41, 5.74) is 0.690. The lowest BCUT2D eigenvalue weighted by Crippen LogP contribution is -2.30. The summed E-state index contributed by atoms with van der Waals surface area (Å²) in [5, 5.41) is 14.7. The van der Waals surface area contributed by atoms with Crippen LogP contribution in [0.3, 0.4) is 0 Å². The van der Waals surface area contributed by atoms with Gasteiger partial charge in [0, 0.05) is 31.4 Å². The number of carbonyl (C=O) groups is 1. The monoisotopic (exact) mass is 399 g/mol. The average molecular weight is 399 g/mol. The van der Waals surface area contributed by atoms with E-state index in [0.29, 0.717) is 30.4 Å². The van der Waals surface area contributed by atoms with Crippen molar-refractivity contribution in [1.29, 1.82) is 5.26 Å². The highest BCUT2D eigenvalue weighted by Crippen LogP contribution is 2.28. The number of hydrogen-bond acceptors (Lipinski definition) is 6. The van der Waals surface area contributed by atoms with Crippen LogP contribution in [0.1, 0.15) is 28.8 Å². The van der Waals surface area contributed by atoms with Gasteiger partial charge in [0.15, 0.2) is 0 Å². The van der Waals surface area contributed by atoms with Crippen LogP contribution in [-0.2, 0) is 10.0 Å². The number of rotatable bonds is 9. The zero-order valence-electron chi connectivity index (χ0n) is 15.2. The second-order valence-corrected chi connectivity index (χ2v) is 8.28. The Balaban J connectivity index is 1.53. The van der Waals surface area contributed by atoms with Crippen LogP contribution in [0.4, 0.5) is 5.82 Å². The molecule has 146 valence electrons. The average Bonchev–Trinajstić information content (AvgIpc) is 3.54. The lowest BCUT2D eigenvalue weighted by Gasteiger charge is -2.10. The molecule has 1 saturated carbocycles. The number of anilines is 1. The van der Waals surface area contributed by atoms with Gasteiger partial charge in [-0.15, -0.1) is 0 Å². The summed E-state index contributed by atoms with van der Waals surface area (Å²) < 4.78 is 27.2. The molecule has 0 atom stereocenters. The summed E-state index contributed by atoms with van der Waals surface area (Å²) in [5.74, 6) is 0.506. The smallest absolute Gasteiger partial charge is 0.251 e. The van der Waals surface area contributed by atoms with Gasteiger partial charge < -0.3 is 10.6 Å². The van der Waals surface area contributed by atoms with Gasteiger partial charge in [-0.25, -0.2) is 18.1 Å². The van der Waals surface area contributed by atoms with Crippen molar-refractivity contribution in [2.45, 2.75) is 17.7 Å². The number of carbonyl (C=O) groups excluding carboxylic acids is 1. The Hall–Kier alpha value is -2.96. The van der Waals surface area contributed by atoms with Gasteiger partial charge in [0.1, 0.15) is 11.9 Å². The fourth-order valence-electron chi connectivity index (χ4n) is 2.53. The molecule has 1 fully saturated rings. The van der Waals surface area contributed by atoms with Crippen LogP contribution in [0.5, 0.6) is 0 Å². The van der Waals surface area contributed by atoms with E-state index in [0.717, 1.165) is 12.8 Å². The van der Waals surface area contributed by atoms with Gasteiger partial charge in [-0.3, -0.25) is 4.79 Å². The number of pyridine rings is 1. The van der Waals surface area contributed by atoms with E-state index in [4.69, 9.17) is 5.26 Å². The Morgan fingerprint density at radius 1 is 1.21 bits per heavy atom. The van der Waals surface area contributed by atoms with Gasteiger partial charge in [-0.05, 0) is 49.1 Å². The molecule has 0 aliphatic heterocycles. The van der Waals surface area contributed by atoms with E-state index in [1.54, 1.807) is 30.5 Å². The van der Waals surface area contributed by atoms with Crippen LogP contribution < -0.4 is 15.4 Å². The van der Waals surface area contributed by atoms with Crippen molar-refractivity contribution in [2.75, 3.05) is 25.0 Å². The van der Waals surface area contributed by atoms with E-state index in [9.17, 15) is 13.2 Å². The zero-order chi connectivity index (χ0) is 20.0. The molecule has 0 bridgehead atoms. The van der Waals surface area contributed by atoms with Gasteiger partial charge in [0.25, 0.3) is 5.91 Å². The first-order valence-corrected chi connectivity index (χ1v) is 10.4. The second kappa shape index (κ2) is 8.82. The van der Waals surface area contributed by atoms with Gasteiger partial charge in [-0.2, -0.15) is 5.26 Å². The van der Waals surface area contributed by atoms with Crippen LogP contribution in [0, 0.1) is 17.2 Å². The lowest BCUT2D eigenvalue weighted by atomic mass is 10.2. The van der Waals surface area contributed by atoms with Gasteiger partial charge in [0.2, 0.25) is 10.0 Å². The molecule has 1 aromatic carbocycles. The molecule has 1 aliphatic carbocycles. The number of nitrogens with zero attached hydrogens (tertiary/aromatic N) is 2. The third-order valence-electron chi connectivity index (χ3n) is 4.30. The molecule has 1 amide bonds. The number of benzene rings is 1. The molecule has 0 saturated heterocycles. The van der Waals surface area contributed by atoms with E-state index in [1.165, 1.54) is 12.1 Å². The number of amides is 1. The maximum atomic E-state index is 12.3. The Bertz CT molecular complexity index is 997. The second-order valence-electron chi connectivity index (χ2n) is 6.52. The Morgan fingerprint density at radius 2 is 2.04 bits per heavy atom. The van der Waals surface area contributed by atoms with Crippen molar-refractivity contribution < 1.29 is 13.2 Å². The minimum absolute atomic E-state index is 0.0751. The molecule has 3 rings (SSSR count). The highest BCUT2D eigenvalue weighted by Gasteiger charge is 2.24. The number of aromatic nitrogens is 1.